The topological polar surface area (TPSA) is 60.8 Å². The van der Waals surface area contributed by atoms with Gasteiger partial charge in [-0.2, -0.15) is 0 Å². The first-order valence-corrected chi connectivity index (χ1v) is 6.62. The lowest BCUT2D eigenvalue weighted by atomic mass is 10.1. The summed E-state index contributed by atoms with van der Waals surface area (Å²) < 4.78 is 16.1. The van der Waals surface area contributed by atoms with Crippen molar-refractivity contribution < 1.29 is 19.3 Å². The number of ether oxygens (including phenoxy) is 3. The molecule has 0 radical (unpaired) electrons. The Labute approximate surface area is 124 Å². The second kappa shape index (κ2) is 6.95. The highest BCUT2D eigenvalue weighted by atomic mass is 16.5. The van der Waals surface area contributed by atoms with Gasteiger partial charge in [0.05, 0.1) is 26.0 Å². The van der Waals surface area contributed by atoms with Crippen LogP contribution in [0.4, 0.5) is 0 Å². The number of methoxy groups -OCH3 is 2. The van der Waals surface area contributed by atoms with Crippen molar-refractivity contribution in [2.24, 2.45) is 0 Å². The van der Waals surface area contributed by atoms with Gasteiger partial charge in [0.15, 0.2) is 11.5 Å². The van der Waals surface area contributed by atoms with Crippen molar-refractivity contribution in [2.75, 3.05) is 14.2 Å². The van der Waals surface area contributed by atoms with Gasteiger partial charge in [-0.05, 0) is 30.7 Å². The molecule has 0 aliphatic heterocycles. The van der Waals surface area contributed by atoms with Crippen molar-refractivity contribution in [1.29, 1.82) is 0 Å². The highest BCUT2D eigenvalue weighted by Gasteiger charge is 2.09. The van der Waals surface area contributed by atoms with Crippen molar-refractivity contribution in [2.45, 2.75) is 19.6 Å². The molecule has 1 heterocycles. The number of pyridine rings is 1. The molecule has 5 heteroatoms. The van der Waals surface area contributed by atoms with Crippen LogP contribution >= 0.6 is 0 Å². The molecule has 0 saturated heterocycles. The predicted molar refractivity (Wildman–Crippen MR) is 78.7 cm³/mol. The van der Waals surface area contributed by atoms with Crippen LogP contribution in [-0.2, 0) is 6.61 Å². The molecule has 0 aliphatic carbocycles. The minimum absolute atomic E-state index is 0.307. The maximum atomic E-state index is 9.58. The zero-order valence-electron chi connectivity index (χ0n) is 12.4. The van der Waals surface area contributed by atoms with E-state index in [2.05, 4.69) is 4.98 Å². The Morgan fingerprint density at radius 1 is 1.10 bits per heavy atom. The van der Waals surface area contributed by atoms with Gasteiger partial charge in [0.1, 0.15) is 6.61 Å². The fraction of sp³-hybridized carbons (Fsp3) is 0.312. The molecular formula is C16H19NO4. The number of aliphatic hydroxyl groups excluding tert-OH is 1. The van der Waals surface area contributed by atoms with Crippen LogP contribution in [0.5, 0.6) is 17.4 Å². The lowest BCUT2D eigenvalue weighted by molar-refractivity contribution is 0.198. The fourth-order valence-corrected chi connectivity index (χ4v) is 1.87. The quantitative estimate of drug-likeness (QED) is 0.886. The van der Waals surface area contributed by atoms with Crippen LogP contribution in [0.1, 0.15) is 24.3 Å². The van der Waals surface area contributed by atoms with Crippen LogP contribution in [0.3, 0.4) is 0 Å². The van der Waals surface area contributed by atoms with Crippen LogP contribution in [-0.4, -0.2) is 24.3 Å². The van der Waals surface area contributed by atoms with Crippen molar-refractivity contribution in [3.05, 3.63) is 47.7 Å². The van der Waals surface area contributed by atoms with Gasteiger partial charge >= 0.3 is 0 Å². The first-order valence-electron chi connectivity index (χ1n) is 6.62. The molecule has 5 nitrogen and oxygen atoms in total. The molecule has 0 bridgehead atoms. The Morgan fingerprint density at radius 3 is 2.57 bits per heavy atom. The summed E-state index contributed by atoms with van der Waals surface area (Å²) in [7, 11) is 3.14. The molecule has 1 atom stereocenters. The van der Waals surface area contributed by atoms with Crippen LogP contribution in [0.2, 0.25) is 0 Å². The normalized spacial score (nSPS) is 11.8. The summed E-state index contributed by atoms with van der Waals surface area (Å²) in [6.07, 6.45) is -0.548. The molecule has 0 saturated carbocycles. The predicted octanol–water partition coefficient (Wildman–Crippen LogP) is 2.73. The van der Waals surface area contributed by atoms with E-state index in [0.717, 1.165) is 11.3 Å². The third-order valence-corrected chi connectivity index (χ3v) is 3.04. The molecule has 1 aromatic carbocycles. The Hall–Kier alpha value is -2.27. The Bertz CT molecular complexity index is 599. The Balaban J connectivity index is 2.12. The first-order chi connectivity index (χ1) is 10.1. The van der Waals surface area contributed by atoms with Gasteiger partial charge in [-0.25, -0.2) is 4.98 Å². The average molecular weight is 289 g/mol. The van der Waals surface area contributed by atoms with E-state index in [1.54, 1.807) is 39.3 Å². The molecule has 0 fully saturated rings. The summed E-state index contributed by atoms with van der Waals surface area (Å²) in [4.78, 5) is 4.28. The standard InChI is InChI=1S/C16H19NO4/c1-11(18)12-7-8-14(15(9-12)19-2)21-10-13-5-4-6-16(17-13)20-3/h4-9,11,18H,10H2,1-3H3/t11-/m0/s1. The van der Waals surface area contributed by atoms with Gasteiger partial charge in [0.25, 0.3) is 0 Å². The summed E-state index contributed by atoms with van der Waals surface area (Å²) in [6.45, 7) is 2.01. The van der Waals surface area contributed by atoms with Crippen LogP contribution < -0.4 is 14.2 Å². The molecule has 2 rings (SSSR count). The van der Waals surface area contributed by atoms with Crippen LogP contribution in [0, 0.1) is 0 Å². The van der Waals surface area contributed by atoms with Crippen LogP contribution in [0.15, 0.2) is 36.4 Å². The molecule has 112 valence electrons. The van der Waals surface area contributed by atoms with E-state index in [1.165, 1.54) is 0 Å². The molecular weight excluding hydrogens is 270 g/mol. The number of hydrogen-bond donors (Lipinski definition) is 1. The molecule has 0 amide bonds. The van der Waals surface area contributed by atoms with Crippen molar-refractivity contribution in [3.8, 4) is 17.4 Å². The molecule has 0 spiro atoms. The zero-order valence-corrected chi connectivity index (χ0v) is 12.4. The van der Waals surface area contributed by atoms with Crippen molar-refractivity contribution in [3.63, 3.8) is 0 Å². The van der Waals surface area contributed by atoms with Crippen molar-refractivity contribution >= 4 is 0 Å². The smallest absolute Gasteiger partial charge is 0.213 e. The zero-order chi connectivity index (χ0) is 15.2. The molecule has 1 aromatic heterocycles. The van der Waals surface area contributed by atoms with E-state index in [-0.39, 0.29) is 0 Å². The minimum Gasteiger partial charge on any atom is -0.493 e. The monoisotopic (exact) mass is 289 g/mol. The number of aliphatic hydroxyl groups is 1. The summed E-state index contributed by atoms with van der Waals surface area (Å²) in [5, 5.41) is 9.58. The van der Waals surface area contributed by atoms with Gasteiger partial charge in [0.2, 0.25) is 5.88 Å². The SMILES string of the molecule is COc1cccc(COc2ccc([C@H](C)O)cc2OC)n1. The average Bonchev–Trinajstić information content (AvgIpc) is 2.52. The first kappa shape index (κ1) is 15.1. The van der Waals surface area contributed by atoms with E-state index >= 15 is 0 Å². The second-order valence-corrected chi connectivity index (χ2v) is 4.55. The van der Waals surface area contributed by atoms with E-state index < -0.39 is 6.10 Å². The van der Waals surface area contributed by atoms with E-state index in [9.17, 15) is 5.11 Å². The molecule has 2 aromatic rings. The minimum atomic E-state index is -0.548. The Kier molecular flexibility index (Phi) is 5.00. The molecule has 21 heavy (non-hydrogen) atoms. The molecule has 0 aliphatic rings. The Morgan fingerprint density at radius 2 is 1.90 bits per heavy atom. The van der Waals surface area contributed by atoms with Gasteiger partial charge < -0.3 is 19.3 Å². The van der Waals surface area contributed by atoms with Crippen molar-refractivity contribution in [1.82, 2.24) is 4.98 Å². The summed E-state index contributed by atoms with van der Waals surface area (Å²) in [5.41, 5.74) is 1.54. The number of benzene rings is 1. The fourth-order valence-electron chi connectivity index (χ4n) is 1.87. The highest BCUT2D eigenvalue weighted by Crippen LogP contribution is 2.30. The number of hydrogen-bond acceptors (Lipinski definition) is 5. The molecule has 1 N–H and O–H groups in total. The summed E-state index contributed by atoms with van der Waals surface area (Å²) in [6, 6.07) is 10.8. The third-order valence-electron chi connectivity index (χ3n) is 3.04. The van der Waals surface area contributed by atoms with Gasteiger partial charge in [-0.15, -0.1) is 0 Å². The number of rotatable bonds is 6. The van der Waals surface area contributed by atoms with Gasteiger partial charge in [-0.1, -0.05) is 12.1 Å². The molecule has 0 unspecified atom stereocenters. The second-order valence-electron chi connectivity index (χ2n) is 4.55. The van der Waals surface area contributed by atoms with E-state index in [4.69, 9.17) is 14.2 Å². The third kappa shape index (κ3) is 3.86. The highest BCUT2D eigenvalue weighted by molar-refractivity contribution is 5.43. The maximum Gasteiger partial charge on any atom is 0.213 e. The van der Waals surface area contributed by atoms with Gasteiger partial charge in [0, 0.05) is 6.07 Å². The number of aromatic nitrogens is 1. The van der Waals surface area contributed by atoms with Gasteiger partial charge in [-0.3, -0.25) is 0 Å². The van der Waals surface area contributed by atoms with E-state index in [1.807, 2.05) is 18.2 Å². The summed E-state index contributed by atoms with van der Waals surface area (Å²) >= 11 is 0. The maximum absolute atomic E-state index is 9.58. The van der Waals surface area contributed by atoms with Crippen LogP contribution in [0.25, 0.3) is 0 Å². The lowest BCUT2D eigenvalue weighted by Crippen LogP contribution is -2.01. The lowest BCUT2D eigenvalue weighted by Gasteiger charge is -2.13. The van der Waals surface area contributed by atoms with E-state index in [0.29, 0.717) is 24.0 Å². The largest absolute Gasteiger partial charge is 0.493 e. The number of nitrogens with zero attached hydrogens (tertiary/aromatic N) is 1. The summed E-state index contributed by atoms with van der Waals surface area (Å²) in [5.74, 6) is 1.73.